The van der Waals surface area contributed by atoms with E-state index in [1.54, 1.807) is 6.92 Å². The SMILES string of the molecule is C=C1C[C@@]23CC[C@H]4[C@@](C)(CCC[C@@]4(C)C(=O)O[C@@H]4O[C@H](CO[C@]5(CO)O[C@H](CO)[C@@H](O)[C@@H]5O)[C@@H](O)[C@H](O)[C@H]4O)[C@@H]2CC[C@]1(O[C@@H]1O[C@H](CO)[C@@H](O)[C@H](O)[C@H]1O[C@@H]1O[C@H](CO)[C@@H](O)[C@H](O)[C@H]1O)C3.C=C1C[C@@]23CC[C@H]4[C@@](C)(CCC[C@@]4(C)C(=O)O[C@@H]4O[C@H](CO[C@]5(CO)O[C@H](CO)[C@@H](O)[C@@H]5O)[C@@H](O)[C@H](O)[C@H]4O)[C@@H]2CC[C@]1(O[C@@H]1O[C@H](CO)[C@@H](O)[C@H](O[C@@H]2O[C@H](CO)[C@@H](O)[C@H](O)[C@H]2O)[C@H]1O[C@@H]1O[C@H](CO)[C@@H](O)[C@H](O)[C@H]1O)C3. The number of aliphatic hydroxyl groups is 31. The van der Waals surface area contributed by atoms with Crippen molar-refractivity contribution in [3.63, 3.8) is 0 Å². The average molecular weight is 2100 g/mol. The van der Waals surface area contributed by atoms with Gasteiger partial charge in [-0.25, -0.2) is 0 Å². The van der Waals surface area contributed by atoms with E-state index >= 15 is 0 Å². The van der Waals surface area contributed by atoms with Crippen molar-refractivity contribution in [2.45, 2.75) is 418 Å². The Kier molecular flexibility index (Phi) is 34.3. The van der Waals surface area contributed by atoms with E-state index < -0.39 is 386 Å². The van der Waals surface area contributed by atoms with Gasteiger partial charge in [0, 0.05) is 0 Å². The standard InChI is InChI=1S/C50H80O28.C44H70O23/c1-19-11-48-9-5-25-46(2,7-4-8-47(25,3)45(68)76-43-37(66)34(63)29(58)24(73-43)16-69-50(18-55)40(67)31(60)23(15-54)77-50)26(48)6-10-49(19,17-48)78-44-39(75-42-36(65)33(62)28(57)21(13-52)71-42)38(30(59)22(14-53)72-44)74-41-35(64)32(61)27(56)20(12-51)70-41;1-18-11-42-9-5-23-40(2,7-4-8-41(23,3)39(59)65-37-33(57)30(54)27(51)22(63-37)15-60-44(17-48)35(58)28(52)21(14-47)66-44)24(42)6-10-43(18,16-42)67-38-34(31(55)26(50)20(13-46)62-38)64-36-32(56)29(53)25(49)19(12-45)61-36/h20-44,51-67H,1,4-18H2,2-3H3;19-38,45-58H,1,4-17H2,2-3H3/t20-,21-,22-,23-,24-,25+,26+,27-,28-,29-,30-,31-,32+,33+,34+,35-,36-,37-,38+,39-,40+,41+,42+,43+,44+,46-,47-,48-,49+,50-;19-,20-,21-,22-,23+,24+,25-,26-,27-,28-,29+,30+,31+,32-,33-,34-,35+,36+,37+,38+,40-,41-,42-,43+,44-/m11/s1. The van der Waals surface area contributed by atoms with Crippen LogP contribution in [-0.4, -0.2) is 517 Å². The molecule has 0 radical (unpaired) electrons. The van der Waals surface area contributed by atoms with Gasteiger partial charge in [-0.15, -0.1) is 0 Å². The number of hydrogen-bond donors (Lipinski definition) is 31. The molecule has 31 N–H and O–H groups in total. The minimum absolute atomic E-state index is 0.0409. The molecular weight excluding hydrogens is 1940 g/mol. The summed E-state index contributed by atoms with van der Waals surface area (Å²) >= 11 is 0. The van der Waals surface area contributed by atoms with E-state index in [-0.39, 0.29) is 29.1 Å². The number of esters is 2. The maximum atomic E-state index is 14.7. The summed E-state index contributed by atoms with van der Waals surface area (Å²) in [5.74, 6) is -6.47. The summed E-state index contributed by atoms with van der Waals surface area (Å²) in [5, 5.41) is 327. The highest BCUT2D eigenvalue weighted by Crippen LogP contribution is 2.76. The third-order valence-electron chi connectivity index (χ3n) is 36.5. The predicted molar refractivity (Wildman–Crippen MR) is 471 cm³/mol. The molecule has 9 saturated heterocycles. The van der Waals surface area contributed by atoms with Crippen molar-refractivity contribution in [2.75, 3.05) is 72.7 Å². The molecule has 51 heteroatoms. The number of carbonyl (C=O) groups excluding carboxylic acids is 2. The maximum Gasteiger partial charge on any atom is 0.314 e. The van der Waals surface area contributed by atoms with Gasteiger partial charge in [-0.2, -0.15) is 0 Å². The number of fused-ring (bicyclic) bond motifs is 6. The van der Waals surface area contributed by atoms with E-state index in [9.17, 15) is 168 Å². The normalized spacial score (nSPS) is 54.4. The Morgan fingerprint density at radius 1 is 0.303 bits per heavy atom. The number of ether oxygens (including phenoxy) is 18. The molecule has 55 atom stereocenters. The van der Waals surface area contributed by atoms with Gasteiger partial charge in [-0.05, 0) is 173 Å². The lowest BCUT2D eigenvalue weighted by atomic mass is 9.41. The third kappa shape index (κ3) is 19.6. The molecule has 0 aromatic carbocycles. The molecule has 51 nitrogen and oxygen atoms in total. The van der Waals surface area contributed by atoms with Gasteiger partial charge >= 0.3 is 11.9 Å². The Bertz CT molecular complexity index is 4400. The van der Waals surface area contributed by atoms with Crippen LogP contribution in [-0.2, 0) is 94.9 Å². The van der Waals surface area contributed by atoms with Gasteiger partial charge in [0.1, 0.15) is 221 Å². The van der Waals surface area contributed by atoms with Crippen LogP contribution in [0.1, 0.15) is 143 Å². The molecule has 9 heterocycles. The minimum Gasteiger partial charge on any atom is -0.432 e. The van der Waals surface area contributed by atoms with Gasteiger partial charge in [0.25, 0.3) is 0 Å². The van der Waals surface area contributed by atoms with E-state index in [0.717, 1.165) is 12.0 Å². The molecule has 8 aliphatic carbocycles. The first-order chi connectivity index (χ1) is 68.4. The van der Waals surface area contributed by atoms with Crippen molar-refractivity contribution in [1.82, 2.24) is 0 Å². The van der Waals surface area contributed by atoms with E-state index in [2.05, 4.69) is 27.0 Å². The van der Waals surface area contributed by atoms with Crippen LogP contribution >= 0.6 is 0 Å². The van der Waals surface area contributed by atoms with Gasteiger partial charge in [0.15, 0.2) is 31.5 Å². The van der Waals surface area contributed by atoms with E-state index in [1.165, 1.54) is 0 Å². The highest BCUT2D eigenvalue weighted by atomic mass is 16.8. The van der Waals surface area contributed by atoms with Crippen molar-refractivity contribution in [3.8, 4) is 0 Å². The Morgan fingerprint density at radius 3 is 0.931 bits per heavy atom. The zero-order valence-electron chi connectivity index (χ0n) is 80.9. The molecule has 17 rings (SSSR count). The maximum absolute atomic E-state index is 14.7. The average Bonchev–Trinajstić information content (AvgIpc) is 1.52. The molecular formula is C94H150O51. The molecule has 2 spiro atoms. The molecule has 4 bridgehead atoms. The second kappa shape index (κ2) is 43.6. The van der Waals surface area contributed by atoms with Gasteiger partial charge in [-0.3, -0.25) is 9.59 Å². The molecule has 145 heavy (non-hydrogen) atoms. The van der Waals surface area contributed by atoms with Crippen molar-refractivity contribution in [2.24, 2.45) is 56.2 Å². The van der Waals surface area contributed by atoms with Crippen molar-refractivity contribution in [1.29, 1.82) is 0 Å². The lowest BCUT2D eigenvalue weighted by molar-refractivity contribution is -0.400. The summed E-state index contributed by atoms with van der Waals surface area (Å²) in [7, 11) is 0. The second-order valence-electron chi connectivity index (χ2n) is 44.5. The van der Waals surface area contributed by atoms with Crippen LogP contribution < -0.4 is 0 Å². The largest absolute Gasteiger partial charge is 0.432 e. The summed E-state index contributed by atoms with van der Waals surface area (Å²) in [5.41, 5.74) is -4.94. The highest BCUT2D eigenvalue weighted by molar-refractivity contribution is 5.78. The molecule has 9 aliphatic heterocycles. The number of hydrogen-bond acceptors (Lipinski definition) is 51. The fourth-order valence-corrected chi connectivity index (χ4v) is 28.5. The Hall–Kier alpha value is -3.46. The van der Waals surface area contributed by atoms with Crippen molar-refractivity contribution >= 4 is 11.9 Å². The van der Waals surface area contributed by atoms with Gasteiger partial charge < -0.3 is 244 Å². The fraction of sp³-hybridized carbons (Fsp3) is 0.936. The number of aliphatic hydroxyl groups excluding tert-OH is 31. The fourth-order valence-electron chi connectivity index (χ4n) is 28.5. The minimum atomic E-state index is -2.26. The smallest absolute Gasteiger partial charge is 0.314 e. The number of rotatable bonds is 29. The summed E-state index contributed by atoms with van der Waals surface area (Å²) in [4.78, 5) is 29.2. The summed E-state index contributed by atoms with van der Waals surface area (Å²) < 4.78 is 107. The van der Waals surface area contributed by atoms with E-state index in [1.807, 2.05) is 6.92 Å². The molecule has 0 aromatic rings. The van der Waals surface area contributed by atoms with Crippen LogP contribution in [0.15, 0.2) is 24.3 Å². The Labute approximate surface area is 832 Å². The third-order valence-corrected chi connectivity index (χ3v) is 36.5. The number of carbonyl (C=O) groups is 2. The highest BCUT2D eigenvalue weighted by Gasteiger charge is 2.74. The molecule has 0 aromatic heterocycles. The lowest BCUT2D eigenvalue weighted by Crippen LogP contribution is -2.68. The summed E-state index contributed by atoms with van der Waals surface area (Å²) in [6.07, 6.45) is -60.7. The van der Waals surface area contributed by atoms with Crippen LogP contribution in [0.2, 0.25) is 0 Å². The molecule has 0 amide bonds. The van der Waals surface area contributed by atoms with Crippen molar-refractivity contribution in [3.05, 3.63) is 24.3 Å². The van der Waals surface area contributed by atoms with Crippen LogP contribution in [0.4, 0.5) is 0 Å². The molecule has 8 saturated carbocycles. The van der Waals surface area contributed by atoms with Gasteiger partial charge in [0.2, 0.25) is 24.2 Å². The van der Waals surface area contributed by atoms with Crippen LogP contribution in [0.25, 0.3) is 0 Å². The first kappa shape index (κ1) is 114. The molecule has 832 valence electrons. The van der Waals surface area contributed by atoms with E-state index in [4.69, 9.17) is 85.3 Å². The van der Waals surface area contributed by atoms with Crippen LogP contribution in [0, 0.1) is 56.2 Å². The molecule has 17 fully saturated rings. The predicted octanol–water partition coefficient (Wildman–Crippen LogP) is -12.4. The van der Waals surface area contributed by atoms with Gasteiger partial charge in [-0.1, -0.05) is 39.8 Å². The van der Waals surface area contributed by atoms with Crippen LogP contribution in [0.3, 0.4) is 0 Å². The topological polar surface area (TPSA) is 827 Å². The van der Waals surface area contributed by atoms with Crippen molar-refractivity contribution < 1.29 is 253 Å². The Morgan fingerprint density at radius 2 is 0.593 bits per heavy atom. The Balaban J connectivity index is 0.000000210. The second-order valence-corrected chi connectivity index (χ2v) is 44.5. The summed E-state index contributed by atoms with van der Waals surface area (Å²) in [6.45, 7) is 8.16. The zero-order valence-corrected chi connectivity index (χ0v) is 80.9. The molecule has 0 unspecified atom stereocenters. The van der Waals surface area contributed by atoms with Crippen LogP contribution in [0.5, 0.6) is 0 Å². The van der Waals surface area contributed by atoms with E-state index in [0.29, 0.717) is 115 Å². The van der Waals surface area contributed by atoms with Gasteiger partial charge in [0.05, 0.1) is 81.5 Å². The quantitative estimate of drug-likeness (QED) is 0.0188. The zero-order chi connectivity index (χ0) is 106. The first-order valence-electron chi connectivity index (χ1n) is 50.2. The monoisotopic (exact) mass is 2090 g/mol. The lowest BCUT2D eigenvalue weighted by Gasteiger charge is -2.64. The first-order valence-corrected chi connectivity index (χ1v) is 50.2. The summed E-state index contributed by atoms with van der Waals surface area (Å²) in [6, 6.07) is 0. The molecule has 17 aliphatic rings.